The van der Waals surface area contributed by atoms with Crippen molar-refractivity contribution in [3.8, 4) is 11.3 Å². The second-order valence-electron chi connectivity index (χ2n) is 7.51. The van der Waals surface area contributed by atoms with E-state index in [-0.39, 0.29) is 12.6 Å². The molecule has 4 rings (SSSR count). The van der Waals surface area contributed by atoms with Crippen LogP contribution in [0.15, 0.2) is 36.5 Å². The Morgan fingerprint density at radius 1 is 1.14 bits per heavy atom. The fourth-order valence-electron chi connectivity index (χ4n) is 3.68. The molecular formula is C19H21F3N6O. The van der Waals surface area contributed by atoms with Crippen molar-refractivity contribution < 1.29 is 18.3 Å². The third-order valence-electron chi connectivity index (χ3n) is 5.21. The van der Waals surface area contributed by atoms with Gasteiger partial charge in [0.05, 0.1) is 18.3 Å². The average Bonchev–Trinajstić information content (AvgIpc) is 3.25. The molecule has 1 aliphatic heterocycles. The van der Waals surface area contributed by atoms with Gasteiger partial charge in [0.2, 0.25) is 5.60 Å². The van der Waals surface area contributed by atoms with Gasteiger partial charge in [0, 0.05) is 25.4 Å². The average molecular weight is 406 g/mol. The van der Waals surface area contributed by atoms with Crippen molar-refractivity contribution in [2.75, 3.05) is 11.4 Å². The number of alkyl halides is 3. The summed E-state index contributed by atoms with van der Waals surface area (Å²) in [6.45, 7) is 3.18. The van der Waals surface area contributed by atoms with Gasteiger partial charge in [-0.05, 0) is 13.8 Å². The molecule has 0 unspecified atom stereocenters. The van der Waals surface area contributed by atoms with Crippen LogP contribution in [0.25, 0.3) is 11.3 Å². The molecule has 1 aliphatic rings. The Bertz CT molecular complexity index is 1020. The molecule has 0 bridgehead atoms. The highest BCUT2D eigenvalue weighted by atomic mass is 19.4. The van der Waals surface area contributed by atoms with Gasteiger partial charge in [-0.2, -0.15) is 18.3 Å². The molecule has 0 aliphatic carbocycles. The zero-order chi connectivity index (χ0) is 21.0. The second kappa shape index (κ2) is 6.58. The molecule has 0 amide bonds. The highest BCUT2D eigenvalue weighted by Crippen LogP contribution is 2.40. The van der Waals surface area contributed by atoms with Gasteiger partial charge in [-0.15, -0.1) is 10.2 Å². The summed E-state index contributed by atoms with van der Waals surface area (Å²) >= 11 is 0. The Morgan fingerprint density at radius 3 is 2.48 bits per heavy atom. The number of aryl methyl sites for hydroxylation is 1. The Morgan fingerprint density at radius 2 is 1.83 bits per heavy atom. The highest BCUT2D eigenvalue weighted by Gasteiger charge is 2.55. The van der Waals surface area contributed by atoms with Crippen LogP contribution in [0.3, 0.4) is 0 Å². The first-order valence-corrected chi connectivity index (χ1v) is 9.17. The van der Waals surface area contributed by atoms with Crippen molar-refractivity contribution in [2.24, 2.45) is 7.05 Å². The van der Waals surface area contributed by atoms with E-state index in [1.54, 1.807) is 11.6 Å². The number of aliphatic hydroxyl groups is 1. The normalized spacial score (nSPS) is 19.1. The minimum atomic E-state index is -4.85. The molecule has 7 nitrogen and oxygen atoms in total. The molecule has 3 aromatic rings. The van der Waals surface area contributed by atoms with Crippen LogP contribution >= 0.6 is 0 Å². The molecule has 2 aromatic heterocycles. The van der Waals surface area contributed by atoms with Crippen molar-refractivity contribution in [1.29, 1.82) is 0 Å². The highest BCUT2D eigenvalue weighted by molar-refractivity contribution is 5.74. The van der Waals surface area contributed by atoms with Crippen molar-refractivity contribution in [2.45, 2.75) is 38.2 Å². The minimum absolute atomic E-state index is 0.261. The maximum Gasteiger partial charge on any atom is 0.424 e. The number of aromatic nitrogens is 5. The molecule has 0 spiro atoms. The van der Waals surface area contributed by atoms with Gasteiger partial charge in [0.1, 0.15) is 5.69 Å². The van der Waals surface area contributed by atoms with E-state index < -0.39 is 17.6 Å². The smallest absolute Gasteiger partial charge is 0.374 e. The fraction of sp³-hybridized carbons (Fsp3) is 0.421. The zero-order valence-corrected chi connectivity index (χ0v) is 16.2. The lowest BCUT2D eigenvalue weighted by atomic mass is 10.0. The summed E-state index contributed by atoms with van der Waals surface area (Å²) in [4.78, 5) is 2.02. The molecule has 10 heteroatoms. The SMILES string of the molecule is C[C@H]1CN(c2cn(C)nc2-c2ccccc2)Cc2nnc([C@@](C)(O)C(F)(F)F)n21. The molecule has 154 valence electrons. The van der Waals surface area contributed by atoms with Crippen LogP contribution < -0.4 is 4.90 Å². The van der Waals surface area contributed by atoms with Gasteiger partial charge >= 0.3 is 6.18 Å². The lowest BCUT2D eigenvalue weighted by Crippen LogP contribution is -2.44. The topological polar surface area (TPSA) is 72.0 Å². The van der Waals surface area contributed by atoms with E-state index in [1.807, 2.05) is 48.5 Å². The number of fused-ring (bicyclic) bond motifs is 1. The van der Waals surface area contributed by atoms with Crippen LogP contribution in [0.4, 0.5) is 18.9 Å². The molecule has 1 aromatic carbocycles. The lowest BCUT2D eigenvalue weighted by molar-refractivity contribution is -0.263. The summed E-state index contributed by atoms with van der Waals surface area (Å²) in [5.74, 6) is -0.118. The second-order valence-corrected chi connectivity index (χ2v) is 7.51. The van der Waals surface area contributed by atoms with Gasteiger partial charge in [0.25, 0.3) is 0 Å². The molecule has 0 saturated carbocycles. The van der Waals surface area contributed by atoms with Crippen molar-refractivity contribution in [3.05, 3.63) is 48.2 Å². The summed E-state index contributed by atoms with van der Waals surface area (Å²) in [6.07, 6.45) is -2.97. The summed E-state index contributed by atoms with van der Waals surface area (Å²) in [6, 6.07) is 9.32. The quantitative estimate of drug-likeness (QED) is 0.724. The number of hydrogen-bond donors (Lipinski definition) is 1. The van der Waals surface area contributed by atoms with Crippen molar-refractivity contribution in [3.63, 3.8) is 0 Å². The van der Waals surface area contributed by atoms with Crippen molar-refractivity contribution in [1.82, 2.24) is 24.5 Å². The van der Waals surface area contributed by atoms with Crippen LogP contribution in [0.5, 0.6) is 0 Å². The first-order valence-electron chi connectivity index (χ1n) is 9.17. The summed E-state index contributed by atoms with van der Waals surface area (Å²) < 4.78 is 43.1. The fourth-order valence-corrected chi connectivity index (χ4v) is 3.68. The number of rotatable bonds is 3. The predicted molar refractivity (Wildman–Crippen MR) is 100 cm³/mol. The van der Waals surface area contributed by atoms with E-state index in [9.17, 15) is 18.3 Å². The Kier molecular flexibility index (Phi) is 4.41. The van der Waals surface area contributed by atoms with Gasteiger partial charge in [-0.3, -0.25) is 4.68 Å². The number of nitrogens with zero attached hydrogens (tertiary/aromatic N) is 6. The van der Waals surface area contributed by atoms with E-state index in [0.717, 1.165) is 16.9 Å². The Labute approximate surface area is 165 Å². The summed E-state index contributed by atoms with van der Waals surface area (Å²) in [5, 5.41) is 22.3. The molecule has 3 heterocycles. The van der Waals surface area contributed by atoms with Crippen LogP contribution in [0.2, 0.25) is 0 Å². The molecule has 0 radical (unpaired) electrons. The molecular weight excluding hydrogens is 385 g/mol. The third-order valence-corrected chi connectivity index (χ3v) is 5.21. The summed E-state index contributed by atoms with van der Waals surface area (Å²) in [5.41, 5.74) is -0.471. The molecule has 0 fully saturated rings. The number of anilines is 1. The molecule has 0 saturated heterocycles. The van der Waals surface area contributed by atoms with Crippen LogP contribution in [0, 0.1) is 0 Å². The largest absolute Gasteiger partial charge is 0.424 e. The lowest BCUT2D eigenvalue weighted by Gasteiger charge is -2.35. The van der Waals surface area contributed by atoms with E-state index in [1.165, 1.54) is 4.57 Å². The van der Waals surface area contributed by atoms with E-state index in [0.29, 0.717) is 19.3 Å². The first kappa shape index (κ1) is 19.4. The first-order chi connectivity index (χ1) is 13.6. The Balaban J connectivity index is 1.72. The van der Waals surface area contributed by atoms with Crippen LogP contribution in [-0.4, -0.2) is 42.4 Å². The number of halogens is 3. The van der Waals surface area contributed by atoms with E-state index in [2.05, 4.69) is 15.3 Å². The molecule has 1 N–H and O–H groups in total. The van der Waals surface area contributed by atoms with Gasteiger partial charge < -0.3 is 14.6 Å². The summed E-state index contributed by atoms with van der Waals surface area (Å²) in [7, 11) is 1.82. The minimum Gasteiger partial charge on any atom is -0.374 e. The number of benzene rings is 1. The van der Waals surface area contributed by atoms with E-state index >= 15 is 0 Å². The molecule has 2 atom stereocenters. The monoisotopic (exact) mass is 406 g/mol. The maximum absolute atomic E-state index is 13.3. The van der Waals surface area contributed by atoms with Crippen LogP contribution in [0.1, 0.15) is 31.5 Å². The predicted octanol–water partition coefficient (Wildman–Crippen LogP) is 3.03. The van der Waals surface area contributed by atoms with Gasteiger partial charge in [-0.25, -0.2) is 0 Å². The van der Waals surface area contributed by atoms with Crippen LogP contribution in [-0.2, 0) is 19.2 Å². The standard InChI is InChI=1S/C19H21F3N6O/c1-12-9-27(14-10-26(3)25-16(14)13-7-5-4-6-8-13)11-15-23-24-17(28(12)15)18(2,29)19(20,21)22/h4-8,10,12,29H,9,11H2,1-3H3/t12-,18+/m0/s1. The van der Waals surface area contributed by atoms with Gasteiger partial charge in [-0.1, -0.05) is 30.3 Å². The van der Waals surface area contributed by atoms with Crippen molar-refractivity contribution >= 4 is 5.69 Å². The van der Waals surface area contributed by atoms with Gasteiger partial charge in [0.15, 0.2) is 11.6 Å². The van der Waals surface area contributed by atoms with E-state index in [4.69, 9.17) is 0 Å². The zero-order valence-electron chi connectivity index (χ0n) is 16.2. The molecule has 29 heavy (non-hydrogen) atoms. The number of hydrogen-bond acceptors (Lipinski definition) is 5. The Hall–Kier alpha value is -2.88. The third kappa shape index (κ3) is 3.17. The maximum atomic E-state index is 13.3.